The summed E-state index contributed by atoms with van der Waals surface area (Å²) in [4.78, 5) is 31.1. The predicted octanol–water partition coefficient (Wildman–Crippen LogP) is 9.78. The van der Waals surface area contributed by atoms with E-state index in [2.05, 4.69) is 18.8 Å². The molecule has 3 aromatic rings. The number of aromatic nitrogens is 1. The second-order valence-electron chi connectivity index (χ2n) is 12.9. The number of carbonyl (C=O) groups excluding carboxylic acids is 2. The van der Waals surface area contributed by atoms with Crippen LogP contribution in [-0.2, 0) is 21.8 Å². The van der Waals surface area contributed by atoms with Gasteiger partial charge in [0.05, 0.1) is 53.9 Å². The highest BCUT2D eigenvalue weighted by Gasteiger charge is 2.44. The van der Waals surface area contributed by atoms with Gasteiger partial charge in [-0.1, -0.05) is 31.5 Å². The van der Waals surface area contributed by atoms with Gasteiger partial charge in [0.15, 0.2) is 0 Å². The van der Waals surface area contributed by atoms with Gasteiger partial charge in [0.2, 0.25) is 0 Å². The average Bonchev–Trinajstić information content (AvgIpc) is 3.31. The molecule has 1 aromatic heterocycles. The molecule has 0 spiro atoms. The van der Waals surface area contributed by atoms with Crippen LogP contribution in [-0.4, -0.2) is 48.8 Å². The summed E-state index contributed by atoms with van der Waals surface area (Å²) < 4.78 is 97.6. The van der Waals surface area contributed by atoms with Gasteiger partial charge in [-0.3, -0.25) is 9.88 Å². The minimum Gasteiger partial charge on any atom is -0.495 e. The lowest BCUT2D eigenvalue weighted by Crippen LogP contribution is -2.35. The summed E-state index contributed by atoms with van der Waals surface area (Å²) in [6.07, 6.45) is -8.94. The van der Waals surface area contributed by atoms with Crippen molar-refractivity contribution in [1.29, 1.82) is 0 Å². The normalized spacial score (nSPS) is 19.6. The smallest absolute Gasteiger partial charge is 0.416 e. The fourth-order valence-corrected chi connectivity index (χ4v) is 6.63. The van der Waals surface area contributed by atoms with Gasteiger partial charge >= 0.3 is 24.4 Å². The Morgan fingerprint density at radius 3 is 2.24 bits per heavy atom. The molecule has 2 aromatic carbocycles. The van der Waals surface area contributed by atoms with Crippen molar-refractivity contribution in [3.63, 3.8) is 0 Å². The van der Waals surface area contributed by atoms with Gasteiger partial charge in [-0.25, -0.2) is 9.59 Å². The standard InChI is InChI=1S/C35H33ClF6N2O5/c1-18-30(20-10-22(34(37,38)39)13-23(11-20)35(40,41)42)49-32(46)44(18)17-21-15-33(2,3)9-8-24(21)26-14-28(43-16-29(26)47-4)25-7-6-19(12-27(25)36)31(45)48-5/h6-7,10-14,16,18,30H,8-9,15,17H2,1-5H3/t18-,30-/m0/s1. The molecule has 0 saturated carbocycles. The van der Waals surface area contributed by atoms with Gasteiger partial charge in [-0.05, 0) is 84.7 Å². The molecule has 1 amide bonds. The van der Waals surface area contributed by atoms with E-state index < -0.39 is 53.3 Å². The first-order chi connectivity index (χ1) is 22.8. The number of allylic oxidation sites excluding steroid dienone is 1. The zero-order valence-corrected chi connectivity index (χ0v) is 27.9. The van der Waals surface area contributed by atoms with Crippen LogP contribution in [0.4, 0.5) is 31.1 Å². The lowest BCUT2D eigenvalue weighted by atomic mass is 9.72. The van der Waals surface area contributed by atoms with E-state index in [4.69, 9.17) is 25.8 Å². The molecule has 2 aliphatic rings. The number of ether oxygens (including phenoxy) is 3. The second-order valence-corrected chi connectivity index (χ2v) is 13.3. The van der Waals surface area contributed by atoms with Crippen molar-refractivity contribution in [1.82, 2.24) is 9.88 Å². The maximum atomic E-state index is 13.6. The highest BCUT2D eigenvalue weighted by atomic mass is 35.5. The van der Waals surface area contributed by atoms with Crippen LogP contribution >= 0.6 is 11.6 Å². The number of rotatable bonds is 7. The van der Waals surface area contributed by atoms with E-state index in [0.29, 0.717) is 47.5 Å². The maximum absolute atomic E-state index is 13.6. The van der Waals surface area contributed by atoms with E-state index in [9.17, 15) is 35.9 Å². The summed E-state index contributed by atoms with van der Waals surface area (Å²) >= 11 is 6.55. The molecule has 2 atom stereocenters. The number of alkyl halides is 6. The highest BCUT2D eigenvalue weighted by molar-refractivity contribution is 6.33. The Kier molecular flexibility index (Phi) is 9.72. The van der Waals surface area contributed by atoms with Crippen molar-refractivity contribution >= 4 is 29.2 Å². The topological polar surface area (TPSA) is 78.0 Å². The molecule has 14 heteroatoms. The number of hydrogen-bond donors (Lipinski definition) is 0. The molecule has 2 heterocycles. The van der Waals surface area contributed by atoms with Crippen molar-refractivity contribution in [2.75, 3.05) is 20.8 Å². The lowest BCUT2D eigenvalue weighted by molar-refractivity contribution is -0.143. The molecular formula is C35H33ClF6N2O5. The molecule has 7 nitrogen and oxygen atoms in total. The minimum atomic E-state index is -5.05. The molecule has 0 N–H and O–H groups in total. The number of halogens is 7. The maximum Gasteiger partial charge on any atom is 0.416 e. The van der Waals surface area contributed by atoms with Crippen LogP contribution in [0.25, 0.3) is 16.8 Å². The number of pyridine rings is 1. The van der Waals surface area contributed by atoms with Crippen LogP contribution < -0.4 is 4.74 Å². The molecule has 0 radical (unpaired) electrons. The Labute approximate surface area is 283 Å². The summed E-state index contributed by atoms with van der Waals surface area (Å²) in [6.45, 7) is 5.67. The van der Waals surface area contributed by atoms with Crippen molar-refractivity contribution in [2.24, 2.45) is 5.41 Å². The molecule has 262 valence electrons. The van der Waals surface area contributed by atoms with Crippen molar-refractivity contribution < 1.29 is 50.1 Å². The van der Waals surface area contributed by atoms with Gasteiger partial charge in [0.25, 0.3) is 0 Å². The zero-order chi connectivity index (χ0) is 36.1. The van der Waals surface area contributed by atoms with Crippen LogP contribution in [0.2, 0.25) is 5.02 Å². The number of cyclic esters (lactones) is 1. The van der Waals surface area contributed by atoms with E-state index in [0.717, 1.165) is 17.6 Å². The summed E-state index contributed by atoms with van der Waals surface area (Å²) in [7, 11) is 2.75. The highest BCUT2D eigenvalue weighted by Crippen LogP contribution is 2.47. The van der Waals surface area contributed by atoms with Gasteiger partial charge in [0.1, 0.15) is 11.9 Å². The number of benzene rings is 2. The molecule has 1 saturated heterocycles. The number of carbonyl (C=O) groups is 2. The summed E-state index contributed by atoms with van der Waals surface area (Å²) in [5.74, 6) is -0.112. The van der Waals surface area contributed by atoms with Crippen LogP contribution in [0.3, 0.4) is 0 Å². The quantitative estimate of drug-likeness (QED) is 0.180. The number of hydrogen-bond acceptors (Lipinski definition) is 6. The van der Waals surface area contributed by atoms with E-state index >= 15 is 0 Å². The van der Waals surface area contributed by atoms with E-state index in [1.54, 1.807) is 18.2 Å². The summed E-state index contributed by atoms with van der Waals surface area (Å²) in [6, 6.07) is 6.79. The van der Waals surface area contributed by atoms with Crippen molar-refractivity contribution in [3.8, 4) is 17.0 Å². The van der Waals surface area contributed by atoms with Gasteiger partial charge in [0, 0.05) is 17.7 Å². The van der Waals surface area contributed by atoms with Crippen LogP contribution in [0.15, 0.2) is 54.2 Å². The molecule has 5 rings (SSSR count). The fraction of sp³-hybridized carbons (Fsp3) is 0.400. The van der Waals surface area contributed by atoms with Gasteiger partial charge < -0.3 is 14.2 Å². The van der Waals surface area contributed by atoms with E-state index in [-0.39, 0.29) is 28.6 Å². The van der Waals surface area contributed by atoms with Crippen LogP contribution in [0, 0.1) is 5.41 Å². The molecular weight excluding hydrogens is 678 g/mol. The van der Waals surface area contributed by atoms with Crippen LogP contribution in [0.5, 0.6) is 5.75 Å². The zero-order valence-electron chi connectivity index (χ0n) is 27.2. The third-order valence-electron chi connectivity index (χ3n) is 8.94. The van der Waals surface area contributed by atoms with Crippen molar-refractivity contribution in [2.45, 2.75) is 64.5 Å². The van der Waals surface area contributed by atoms with Gasteiger partial charge in [-0.15, -0.1) is 0 Å². The van der Waals surface area contributed by atoms with E-state index in [1.807, 2.05) is 0 Å². The third kappa shape index (κ3) is 7.51. The van der Waals surface area contributed by atoms with Crippen molar-refractivity contribution in [3.05, 3.63) is 87.1 Å². The third-order valence-corrected chi connectivity index (χ3v) is 9.25. The molecule has 0 unspecified atom stereocenters. The molecule has 1 aliphatic carbocycles. The Morgan fingerprint density at radius 1 is 1.02 bits per heavy atom. The fourth-order valence-electron chi connectivity index (χ4n) is 6.35. The first-order valence-electron chi connectivity index (χ1n) is 15.2. The molecule has 1 aliphatic heterocycles. The monoisotopic (exact) mass is 710 g/mol. The molecule has 0 bridgehead atoms. The Morgan fingerprint density at radius 2 is 1.67 bits per heavy atom. The second kappa shape index (κ2) is 13.2. The van der Waals surface area contributed by atoms with Gasteiger partial charge in [-0.2, -0.15) is 26.3 Å². The summed E-state index contributed by atoms with van der Waals surface area (Å²) in [5, 5.41) is 0.258. The SMILES string of the molecule is COC(=O)c1ccc(-c2cc(C3=C(CN4C(=O)O[C@H](c5cc(C(F)(F)F)cc(C(F)(F)F)c5)[C@@H]4C)CC(C)(C)CC3)c(OC)cn2)c(Cl)c1. The Bertz CT molecular complexity index is 1790. The first-order valence-corrected chi connectivity index (χ1v) is 15.6. The molecule has 1 fully saturated rings. The number of methoxy groups -OCH3 is 2. The number of nitrogens with zero attached hydrogens (tertiary/aromatic N) is 2. The number of esters is 1. The number of amides is 1. The first kappa shape index (κ1) is 36.0. The largest absolute Gasteiger partial charge is 0.495 e. The summed E-state index contributed by atoms with van der Waals surface area (Å²) in [5.41, 5.74) is 0.0566. The van der Waals surface area contributed by atoms with Crippen LogP contribution in [0.1, 0.15) is 78.7 Å². The van der Waals surface area contributed by atoms with E-state index in [1.165, 1.54) is 38.3 Å². The predicted molar refractivity (Wildman–Crippen MR) is 169 cm³/mol. The molecule has 49 heavy (non-hydrogen) atoms. The Balaban J connectivity index is 1.54. The lowest BCUT2D eigenvalue weighted by Gasteiger charge is -2.36. The minimum absolute atomic E-state index is 0.00967. The average molecular weight is 711 g/mol. The Hall–Kier alpha value is -4.26.